The van der Waals surface area contributed by atoms with E-state index in [0.717, 1.165) is 16.7 Å². The van der Waals surface area contributed by atoms with Gasteiger partial charge in [-0.3, -0.25) is 15.0 Å². The van der Waals surface area contributed by atoms with E-state index < -0.39 is 42.0 Å². The van der Waals surface area contributed by atoms with Crippen LogP contribution in [-0.2, 0) is 27.6 Å². The Bertz CT molecular complexity index is 1580. The van der Waals surface area contributed by atoms with E-state index >= 15 is 0 Å². The average molecular weight is 659 g/mol. The molecule has 13 heteroatoms. The molecule has 1 heterocycles. The van der Waals surface area contributed by atoms with Crippen LogP contribution in [0.5, 0.6) is 11.5 Å². The van der Waals surface area contributed by atoms with Crippen molar-refractivity contribution in [3.8, 4) is 11.5 Å². The summed E-state index contributed by atoms with van der Waals surface area (Å²) in [6.07, 6.45) is 0.567. The zero-order chi connectivity index (χ0) is 34.5. The fourth-order valence-electron chi connectivity index (χ4n) is 5.13. The predicted octanol–water partition coefficient (Wildman–Crippen LogP) is 1.90. The van der Waals surface area contributed by atoms with E-state index in [1.807, 2.05) is 66.7 Å². The monoisotopic (exact) mass is 658 g/mol. The van der Waals surface area contributed by atoms with E-state index in [9.17, 15) is 24.6 Å². The van der Waals surface area contributed by atoms with Gasteiger partial charge in [0.05, 0.1) is 12.1 Å². The molecule has 3 aromatic rings. The highest BCUT2D eigenvalue weighted by Gasteiger charge is 2.30. The summed E-state index contributed by atoms with van der Waals surface area (Å²) in [4.78, 5) is 37.3. The number of benzene rings is 3. The van der Waals surface area contributed by atoms with Gasteiger partial charge in [-0.05, 0) is 47.2 Å². The number of carbonyl (C=O) groups excluding carboxylic acids is 2. The van der Waals surface area contributed by atoms with Gasteiger partial charge < -0.3 is 47.1 Å². The first-order valence-electron chi connectivity index (χ1n) is 15.6. The zero-order valence-corrected chi connectivity index (χ0v) is 26.4. The standard InChI is InChI=1S/C35H42N6O7/c36-26(18-24-15-17-39-30(24)33(37)38)34(44)40-16-7-12-29(42)41-31(35(45)46)32(43)25-13-14-27(47-20-22-8-3-1-4-9-22)28(19-25)48-21-23-10-5-2-6-11-23/h1-6,8-11,13-15,19,26,30-32,39,43H,7,12,16-18,20-21,36H2,(H3,37,38)(H,40,44)(H,41,42)(H,45,46). The number of aliphatic hydroxyl groups is 1. The fourth-order valence-corrected chi connectivity index (χ4v) is 5.13. The van der Waals surface area contributed by atoms with E-state index in [0.29, 0.717) is 18.0 Å². The van der Waals surface area contributed by atoms with Gasteiger partial charge in [0.25, 0.3) is 0 Å². The van der Waals surface area contributed by atoms with Crippen LogP contribution >= 0.6 is 0 Å². The van der Waals surface area contributed by atoms with Gasteiger partial charge in [-0.2, -0.15) is 0 Å². The number of hydrogen-bond acceptors (Lipinski definition) is 9. The van der Waals surface area contributed by atoms with Crippen molar-refractivity contribution in [1.29, 1.82) is 5.41 Å². The SMILES string of the molecule is N=C(N)C1NCC=C1CC(N)C(=O)NCCCC(=O)NC(C(=O)O)C(O)c1ccc(OCc2ccccc2)c(OCc2ccccc2)c1. The molecule has 10 N–H and O–H groups in total. The minimum Gasteiger partial charge on any atom is -0.485 e. The molecular weight excluding hydrogens is 616 g/mol. The maximum Gasteiger partial charge on any atom is 0.329 e. The van der Waals surface area contributed by atoms with Gasteiger partial charge in [0, 0.05) is 19.5 Å². The Balaban J connectivity index is 1.33. The Morgan fingerprint density at radius 3 is 2.19 bits per heavy atom. The van der Waals surface area contributed by atoms with Gasteiger partial charge in [-0.15, -0.1) is 0 Å². The van der Waals surface area contributed by atoms with Crippen LogP contribution in [0.4, 0.5) is 0 Å². The summed E-state index contributed by atoms with van der Waals surface area (Å²) in [5, 5.41) is 36.7. The number of aliphatic hydroxyl groups excluding tert-OH is 1. The lowest BCUT2D eigenvalue weighted by Gasteiger charge is -2.22. The lowest BCUT2D eigenvalue weighted by atomic mass is 10.0. The van der Waals surface area contributed by atoms with Crippen LogP contribution in [0.25, 0.3) is 0 Å². The van der Waals surface area contributed by atoms with Crippen LogP contribution in [0.15, 0.2) is 90.5 Å². The molecule has 1 aliphatic rings. The summed E-state index contributed by atoms with van der Waals surface area (Å²) in [6.45, 7) is 1.13. The number of rotatable bonds is 18. The fraction of sp³-hybridized carbons (Fsp3) is 0.314. The van der Waals surface area contributed by atoms with E-state index in [2.05, 4.69) is 16.0 Å². The largest absolute Gasteiger partial charge is 0.485 e. The van der Waals surface area contributed by atoms with E-state index in [4.69, 9.17) is 26.4 Å². The molecule has 0 saturated heterocycles. The van der Waals surface area contributed by atoms with Crippen molar-refractivity contribution in [1.82, 2.24) is 16.0 Å². The molecule has 4 rings (SSSR count). The molecule has 254 valence electrons. The Hall–Kier alpha value is -5.24. The van der Waals surface area contributed by atoms with Gasteiger partial charge in [-0.25, -0.2) is 4.79 Å². The molecule has 2 amide bonds. The van der Waals surface area contributed by atoms with Crippen molar-refractivity contribution >= 4 is 23.6 Å². The van der Waals surface area contributed by atoms with Gasteiger partial charge in [0.15, 0.2) is 17.5 Å². The number of amidine groups is 1. The Kier molecular flexibility index (Phi) is 13.1. The molecule has 3 aromatic carbocycles. The van der Waals surface area contributed by atoms with E-state index in [1.54, 1.807) is 6.07 Å². The first-order chi connectivity index (χ1) is 23.1. The lowest BCUT2D eigenvalue weighted by Crippen LogP contribution is -2.45. The molecule has 1 aliphatic heterocycles. The third kappa shape index (κ3) is 10.4. The quantitative estimate of drug-likeness (QED) is 0.0429. The van der Waals surface area contributed by atoms with Crippen LogP contribution in [0.2, 0.25) is 0 Å². The summed E-state index contributed by atoms with van der Waals surface area (Å²) >= 11 is 0. The number of hydrogen-bond donors (Lipinski definition) is 8. The molecule has 0 spiro atoms. The lowest BCUT2D eigenvalue weighted by molar-refractivity contribution is -0.145. The van der Waals surface area contributed by atoms with Crippen LogP contribution in [0, 0.1) is 5.41 Å². The second-order valence-corrected chi connectivity index (χ2v) is 11.4. The van der Waals surface area contributed by atoms with Gasteiger partial charge >= 0.3 is 5.97 Å². The topological polar surface area (TPSA) is 222 Å². The number of amides is 2. The van der Waals surface area contributed by atoms with Crippen molar-refractivity contribution < 1.29 is 34.1 Å². The van der Waals surface area contributed by atoms with E-state index in [1.165, 1.54) is 12.1 Å². The van der Waals surface area contributed by atoms with Crippen molar-refractivity contribution in [3.63, 3.8) is 0 Å². The zero-order valence-electron chi connectivity index (χ0n) is 26.4. The first kappa shape index (κ1) is 35.6. The minimum absolute atomic E-state index is 0.0520. The number of carboxylic acid groups (broad SMARTS) is 1. The second-order valence-electron chi connectivity index (χ2n) is 11.4. The molecule has 0 fully saturated rings. The normalized spacial score (nSPS) is 15.8. The summed E-state index contributed by atoms with van der Waals surface area (Å²) in [7, 11) is 0. The molecule has 48 heavy (non-hydrogen) atoms. The van der Waals surface area contributed by atoms with Gasteiger partial charge in [-0.1, -0.05) is 72.8 Å². The highest BCUT2D eigenvalue weighted by molar-refractivity contribution is 5.87. The summed E-state index contributed by atoms with van der Waals surface area (Å²) in [5.74, 6) is -1.82. The number of carbonyl (C=O) groups is 3. The summed E-state index contributed by atoms with van der Waals surface area (Å²) in [5.41, 5.74) is 14.4. The molecule has 0 aromatic heterocycles. The Morgan fingerprint density at radius 1 is 0.958 bits per heavy atom. The smallest absolute Gasteiger partial charge is 0.329 e. The maximum absolute atomic E-state index is 12.7. The number of nitrogens with two attached hydrogens (primary N) is 2. The van der Waals surface area contributed by atoms with Crippen LogP contribution in [0.1, 0.15) is 42.1 Å². The highest BCUT2D eigenvalue weighted by Crippen LogP contribution is 2.33. The predicted molar refractivity (Wildman–Crippen MR) is 179 cm³/mol. The van der Waals surface area contributed by atoms with Crippen LogP contribution in [0.3, 0.4) is 0 Å². The number of ether oxygens (including phenoxy) is 2. The average Bonchev–Trinajstić information content (AvgIpc) is 3.56. The summed E-state index contributed by atoms with van der Waals surface area (Å²) in [6, 6.07) is 20.7. The summed E-state index contributed by atoms with van der Waals surface area (Å²) < 4.78 is 12.0. The minimum atomic E-state index is -1.65. The molecule has 0 radical (unpaired) electrons. The highest BCUT2D eigenvalue weighted by atomic mass is 16.5. The molecule has 0 aliphatic carbocycles. The molecule has 0 saturated carbocycles. The third-order valence-electron chi connectivity index (χ3n) is 7.72. The second kappa shape index (κ2) is 17.6. The molecule has 4 unspecified atom stereocenters. The van der Waals surface area contributed by atoms with Crippen LogP contribution < -0.4 is 36.9 Å². The number of nitrogens with one attached hydrogen (secondary N) is 4. The van der Waals surface area contributed by atoms with Crippen molar-refractivity contribution in [2.24, 2.45) is 11.5 Å². The molecule has 0 bridgehead atoms. The number of carboxylic acids is 1. The van der Waals surface area contributed by atoms with Crippen LogP contribution in [-0.4, -0.2) is 65.0 Å². The van der Waals surface area contributed by atoms with E-state index in [-0.39, 0.29) is 50.4 Å². The Labute approximate surface area is 278 Å². The first-order valence-corrected chi connectivity index (χ1v) is 15.6. The third-order valence-corrected chi connectivity index (χ3v) is 7.72. The van der Waals surface area contributed by atoms with Crippen molar-refractivity contribution in [3.05, 3.63) is 107 Å². The van der Waals surface area contributed by atoms with Gasteiger partial charge in [0.1, 0.15) is 25.2 Å². The van der Waals surface area contributed by atoms with Gasteiger partial charge in [0.2, 0.25) is 11.8 Å². The number of aliphatic carboxylic acids is 1. The molecule has 4 atom stereocenters. The molecule has 13 nitrogen and oxygen atoms in total. The maximum atomic E-state index is 12.7. The van der Waals surface area contributed by atoms with Crippen molar-refractivity contribution in [2.45, 2.75) is 56.7 Å². The Morgan fingerprint density at radius 2 is 1.58 bits per heavy atom. The van der Waals surface area contributed by atoms with Crippen molar-refractivity contribution in [2.75, 3.05) is 13.1 Å². The molecular formula is C35H42N6O7.